The van der Waals surface area contributed by atoms with Gasteiger partial charge in [0.1, 0.15) is 6.54 Å². The number of nitrogens with zero attached hydrogens (tertiary/aromatic N) is 3. The van der Waals surface area contributed by atoms with Crippen molar-refractivity contribution in [1.29, 1.82) is 0 Å². The fourth-order valence-corrected chi connectivity index (χ4v) is 3.52. The molecule has 0 bridgehead atoms. The third kappa shape index (κ3) is 2.98. The summed E-state index contributed by atoms with van der Waals surface area (Å²) in [4.78, 5) is 27.4. The van der Waals surface area contributed by atoms with Gasteiger partial charge in [-0.25, -0.2) is 9.78 Å². The minimum atomic E-state index is -1.09. The standard InChI is InChI=1S/C15H11ClIN3O3/c1-19-12-4-9(8-2-10(16)5-11(17)3-8)6-18-14(12)20(15(19)23)7-13(21)22/h2-6H,7H2,1H3,(H,21,22). The molecule has 0 unspecified atom stereocenters. The van der Waals surface area contributed by atoms with Crippen molar-refractivity contribution >= 4 is 51.3 Å². The molecule has 0 aliphatic rings. The Kier molecular flexibility index (Phi) is 4.15. The molecule has 8 heteroatoms. The number of hydrogen-bond donors (Lipinski definition) is 1. The van der Waals surface area contributed by atoms with E-state index in [1.807, 2.05) is 24.3 Å². The average molecular weight is 444 g/mol. The number of pyridine rings is 1. The van der Waals surface area contributed by atoms with Crippen LogP contribution in [0.2, 0.25) is 5.02 Å². The van der Waals surface area contributed by atoms with Gasteiger partial charge in [-0.1, -0.05) is 11.6 Å². The molecule has 2 heterocycles. The Morgan fingerprint density at radius 3 is 2.70 bits per heavy atom. The molecule has 0 aliphatic heterocycles. The maximum Gasteiger partial charge on any atom is 0.330 e. The second-order valence-corrected chi connectivity index (χ2v) is 6.73. The minimum Gasteiger partial charge on any atom is -0.480 e. The van der Waals surface area contributed by atoms with E-state index in [1.54, 1.807) is 13.2 Å². The number of aliphatic carboxylic acids is 1. The topological polar surface area (TPSA) is 77.1 Å². The van der Waals surface area contributed by atoms with Crippen molar-refractivity contribution in [3.8, 4) is 11.1 Å². The second kappa shape index (κ2) is 5.97. The van der Waals surface area contributed by atoms with Crippen molar-refractivity contribution < 1.29 is 9.90 Å². The highest BCUT2D eigenvalue weighted by Gasteiger charge is 2.15. The van der Waals surface area contributed by atoms with Crippen molar-refractivity contribution in [2.24, 2.45) is 7.05 Å². The molecule has 2 aromatic heterocycles. The molecule has 0 aliphatic carbocycles. The summed E-state index contributed by atoms with van der Waals surface area (Å²) in [5.41, 5.74) is 2.20. The smallest absolute Gasteiger partial charge is 0.330 e. The summed E-state index contributed by atoms with van der Waals surface area (Å²) in [7, 11) is 1.59. The Bertz CT molecular complexity index is 973. The molecule has 3 rings (SSSR count). The van der Waals surface area contributed by atoms with Gasteiger partial charge in [0.05, 0.1) is 5.52 Å². The monoisotopic (exact) mass is 443 g/mol. The van der Waals surface area contributed by atoms with Gasteiger partial charge in [-0.05, 0) is 52.4 Å². The molecule has 3 aromatic rings. The summed E-state index contributed by atoms with van der Waals surface area (Å²) >= 11 is 8.26. The first-order chi connectivity index (χ1) is 10.9. The first-order valence-electron chi connectivity index (χ1n) is 6.60. The van der Waals surface area contributed by atoms with Crippen LogP contribution in [-0.4, -0.2) is 25.2 Å². The third-order valence-corrected chi connectivity index (χ3v) is 4.31. The minimum absolute atomic E-state index is 0.348. The summed E-state index contributed by atoms with van der Waals surface area (Å²) in [6.45, 7) is -0.419. The largest absolute Gasteiger partial charge is 0.480 e. The number of fused-ring (bicyclic) bond motifs is 1. The molecule has 0 radical (unpaired) electrons. The predicted molar refractivity (Wildman–Crippen MR) is 95.8 cm³/mol. The number of carboxylic acid groups (broad SMARTS) is 1. The van der Waals surface area contributed by atoms with E-state index in [9.17, 15) is 9.59 Å². The van der Waals surface area contributed by atoms with Gasteiger partial charge >= 0.3 is 11.7 Å². The van der Waals surface area contributed by atoms with E-state index in [0.29, 0.717) is 16.2 Å². The summed E-state index contributed by atoms with van der Waals surface area (Å²) in [5, 5.41) is 9.56. The third-order valence-electron chi connectivity index (χ3n) is 3.47. The van der Waals surface area contributed by atoms with Gasteiger partial charge in [0.2, 0.25) is 0 Å². The summed E-state index contributed by atoms with van der Waals surface area (Å²) in [5.74, 6) is -1.09. The number of aryl methyl sites for hydroxylation is 1. The van der Waals surface area contributed by atoms with Crippen molar-refractivity contribution in [3.63, 3.8) is 0 Å². The quantitative estimate of drug-likeness (QED) is 0.632. The fourth-order valence-electron chi connectivity index (χ4n) is 2.43. The molecule has 0 fully saturated rings. The number of benzene rings is 1. The molecule has 0 saturated carbocycles. The number of halogens is 2. The lowest BCUT2D eigenvalue weighted by molar-refractivity contribution is -0.137. The van der Waals surface area contributed by atoms with Gasteiger partial charge in [0.25, 0.3) is 0 Å². The highest BCUT2D eigenvalue weighted by atomic mass is 127. The zero-order valence-electron chi connectivity index (χ0n) is 12.0. The molecule has 0 spiro atoms. The van der Waals surface area contributed by atoms with Gasteiger partial charge in [-0.3, -0.25) is 13.9 Å². The Morgan fingerprint density at radius 1 is 1.30 bits per heavy atom. The van der Waals surface area contributed by atoms with Crippen LogP contribution in [0.15, 0.2) is 35.3 Å². The second-order valence-electron chi connectivity index (χ2n) is 5.05. The van der Waals surface area contributed by atoms with Crippen LogP contribution < -0.4 is 5.69 Å². The maximum absolute atomic E-state index is 12.2. The zero-order valence-corrected chi connectivity index (χ0v) is 14.9. The SMILES string of the molecule is Cn1c(=O)n(CC(=O)O)c2ncc(-c3cc(Cl)cc(I)c3)cc21. The summed E-state index contributed by atoms with van der Waals surface area (Å²) < 4.78 is 3.52. The van der Waals surface area contributed by atoms with E-state index < -0.39 is 18.2 Å². The number of aromatic nitrogens is 3. The first-order valence-corrected chi connectivity index (χ1v) is 8.06. The van der Waals surface area contributed by atoms with E-state index >= 15 is 0 Å². The van der Waals surface area contributed by atoms with Gasteiger partial charge in [-0.2, -0.15) is 0 Å². The van der Waals surface area contributed by atoms with Gasteiger partial charge in [0, 0.05) is 27.4 Å². The lowest BCUT2D eigenvalue weighted by atomic mass is 10.1. The van der Waals surface area contributed by atoms with Crippen LogP contribution in [0.4, 0.5) is 0 Å². The number of imidazole rings is 1. The van der Waals surface area contributed by atoms with Gasteiger partial charge < -0.3 is 5.11 Å². The first kappa shape index (κ1) is 16.0. The van der Waals surface area contributed by atoms with Crippen LogP contribution in [-0.2, 0) is 18.4 Å². The van der Waals surface area contributed by atoms with Crippen molar-refractivity contribution in [2.75, 3.05) is 0 Å². The van der Waals surface area contributed by atoms with E-state index in [1.165, 1.54) is 4.57 Å². The van der Waals surface area contributed by atoms with E-state index in [0.717, 1.165) is 19.3 Å². The normalized spacial score (nSPS) is 11.1. The highest BCUT2D eigenvalue weighted by Crippen LogP contribution is 2.27. The Morgan fingerprint density at radius 2 is 2.04 bits per heavy atom. The van der Waals surface area contributed by atoms with E-state index in [2.05, 4.69) is 27.6 Å². The van der Waals surface area contributed by atoms with Gasteiger partial charge in [-0.15, -0.1) is 0 Å². The molecular weight excluding hydrogens is 433 g/mol. The van der Waals surface area contributed by atoms with Crippen molar-refractivity contribution in [3.05, 3.63) is 49.5 Å². The van der Waals surface area contributed by atoms with Crippen molar-refractivity contribution in [1.82, 2.24) is 14.1 Å². The number of carbonyl (C=O) groups is 1. The molecule has 0 atom stereocenters. The van der Waals surface area contributed by atoms with Crippen LogP contribution in [0.3, 0.4) is 0 Å². The molecule has 118 valence electrons. The molecule has 0 amide bonds. The average Bonchev–Trinajstić information content (AvgIpc) is 2.71. The van der Waals surface area contributed by atoms with Crippen LogP contribution >= 0.6 is 34.2 Å². The number of hydrogen-bond acceptors (Lipinski definition) is 3. The number of rotatable bonds is 3. The lowest BCUT2D eigenvalue weighted by Crippen LogP contribution is -2.25. The van der Waals surface area contributed by atoms with Crippen molar-refractivity contribution in [2.45, 2.75) is 6.54 Å². The highest BCUT2D eigenvalue weighted by molar-refractivity contribution is 14.1. The van der Waals surface area contributed by atoms with Gasteiger partial charge in [0.15, 0.2) is 5.65 Å². The Balaban J connectivity index is 2.22. The lowest BCUT2D eigenvalue weighted by Gasteiger charge is -2.05. The Hall–Kier alpha value is -1.87. The van der Waals surface area contributed by atoms with E-state index in [4.69, 9.17) is 16.7 Å². The summed E-state index contributed by atoms with van der Waals surface area (Å²) in [6.07, 6.45) is 1.61. The molecule has 0 saturated heterocycles. The van der Waals surface area contributed by atoms with Crippen LogP contribution in [0.1, 0.15) is 0 Å². The maximum atomic E-state index is 12.2. The molecule has 23 heavy (non-hydrogen) atoms. The van der Waals surface area contributed by atoms with Crippen LogP contribution in [0.25, 0.3) is 22.3 Å². The molecule has 6 nitrogen and oxygen atoms in total. The molecule has 1 N–H and O–H groups in total. The predicted octanol–water partition coefficient (Wildman–Crippen LogP) is 2.74. The molecule has 1 aromatic carbocycles. The van der Waals surface area contributed by atoms with E-state index in [-0.39, 0.29) is 0 Å². The summed E-state index contributed by atoms with van der Waals surface area (Å²) in [6, 6.07) is 7.43. The zero-order chi connectivity index (χ0) is 16.7. The molecular formula is C15H11ClIN3O3. The van der Waals surface area contributed by atoms with Crippen LogP contribution in [0, 0.1) is 3.57 Å². The number of carboxylic acids is 1. The fraction of sp³-hybridized carbons (Fsp3) is 0.133. The van der Waals surface area contributed by atoms with Crippen LogP contribution in [0.5, 0.6) is 0 Å². The Labute approximate surface area is 149 Å².